The van der Waals surface area contributed by atoms with Crippen LogP contribution >= 0.6 is 0 Å². The van der Waals surface area contributed by atoms with Crippen LogP contribution in [0.4, 0.5) is 4.79 Å². The Kier molecular flexibility index (Phi) is 4.24. The van der Waals surface area contributed by atoms with Gasteiger partial charge in [0.25, 0.3) is 5.91 Å². The minimum Gasteiger partial charge on any atom is -0.372 e. The predicted octanol–water partition coefficient (Wildman–Crippen LogP) is 2.39. The van der Waals surface area contributed by atoms with E-state index < -0.39 is 18.0 Å². The van der Waals surface area contributed by atoms with E-state index in [0.717, 1.165) is 0 Å². The number of imide groups is 1. The molecule has 2 rings (SSSR count). The minimum absolute atomic E-state index is 0.231. The molecule has 0 aliphatic heterocycles. The molecule has 100 valence electrons. The van der Waals surface area contributed by atoms with Crippen LogP contribution in [0, 0.1) is 0 Å². The van der Waals surface area contributed by atoms with E-state index in [0.29, 0.717) is 5.56 Å². The molecular weight excluding hydrogens is 258 g/mol. The van der Waals surface area contributed by atoms with Crippen LogP contribution in [-0.2, 0) is 4.74 Å². The summed E-state index contributed by atoms with van der Waals surface area (Å²) in [5.74, 6) is -1.44. The molecule has 0 spiro atoms. The van der Waals surface area contributed by atoms with Crippen LogP contribution < -0.4 is 5.32 Å². The van der Waals surface area contributed by atoms with Crippen LogP contribution in [0.1, 0.15) is 20.7 Å². The Bertz CT molecular complexity index is 567. The van der Waals surface area contributed by atoms with Gasteiger partial charge >= 0.3 is 12.1 Å². The Hall–Kier alpha value is -2.95. The molecule has 20 heavy (non-hydrogen) atoms. The van der Waals surface area contributed by atoms with Crippen molar-refractivity contribution in [1.29, 1.82) is 0 Å². The third kappa shape index (κ3) is 3.52. The van der Waals surface area contributed by atoms with E-state index in [-0.39, 0.29) is 5.56 Å². The fourth-order valence-corrected chi connectivity index (χ4v) is 1.50. The standard InChI is InChI=1S/C15H11NO4/c17-13(11-7-3-1-4-8-11)16-15(19)20-14(18)12-9-5-2-6-10-12/h1-10H,(H,16,17,19). The van der Waals surface area contributed by atoms with Crippen LogP contribution in [0.2, 0.25) is 0 Å². The first kappa shape index (κ1) is 13.5. The molecule has 0 radical (unpaired) electrons. The number of alkyl carbamates (subject to hydrolysis) is 1. The van der Waals surface area contributed by atoms with Crippen molar-refractivity contribution in [2.45, 2.75) is 0 Å². The van der Waals surface area contributed by atoms with Gasteiger partial charge in [-0.3, -0.25) is 10.1 Å². The van der Waals surface area contributed by atoms with E-state index in [9.17, 15) is 14.4 Å². The lowest BCUT2D eigenvalue weighted by molar-refractivity contribution is 0.0617. The molecule has 0 heterocycles. The molecule has 2 aromatic carbocycles. The third-order valence-electron chi connectivity index (χ3n) is 2.45. The molecule has 0 aliphatic carbocycles. The highest BCUT2D eigenvalue weighted by atomic mass is 16.6. The summed E-state index contributed by atoms with van der Waals surface area (Å²) in [6.07, 6.45) is -1.10. The topological polar surface area (TPSA) is 72.5 Å². The first-order valence-corrected chi connectivity index (χ1v) is 5.84. The maximum Gasteiger partial charge on any atom is 0.422 e. The summed E-state index contributed by atoms with van der Waals surface area (Å²) in [7, 11) is 0. The van der Waals surface area contributed by atoms with Crippen molar-refractivity contribution in [3.05, 3.63) is 71.8 Å². The van der Waals surface area contributed by atoms with Crippen LogP contribution in [0.5, 0.6) is 0 Å². The molecule has 0 fully saturated rings. The van der Waals surface area contributed by atoms with Gasteiger partial charge in [0.05, 0.1) is 5.56 Å². The average Bonchev–Trinajstić information content (AvgIpc) is 2.49. The predicted molar refractivity (Wildman–Crippen MR) is 71.2 cm³/mol. The second-order valence-electron chi connectivity index (χ2n) is 3.86. The van der Waals surface area contributed by atoms with E-state index in [4.69, 9.17) is 0 Å². The fourth-order valence-electron chi connectivity index (χ4n) is 1.50. The second kappa shape index (κ2) is 6.29. The lowest BCUT2D eigenvalue weighted by Gasteiger charge is -2.04. The monoisotopic (exact) mass is 269 g/mol. The van der Waals surface area contributed by atoms with Crippen molar-refractivity contribution >= 4 is 18.0 Å². The average molecular weight is 269 g/mol. The van der Waals surface area contributed by atoms with Crippen molar-refractivity contribution < 1.29 is 19.1 Å². The third-order valence-corrected chi connectivity index (χ3v) is 2.45. The first-order chi connectivity index (χ1) is 9.66. The summed E-state index contributed by atoms with van der Waals surface area (Å²) in [5.41, 5.74) is 0.534. The van der Waals surface area contributed by atoms with Gasteiger partial charge in [-0.2, -0.15) is 0 Å². The first-order valence-electron chi connectivity index (χ1n) is 5.84. The zero-order chi connectivity index (χ0) is 14.4. The van der Waals surface area contributed by atoms with E-state index in [2.05, 4.69) is 4.74 Å². The Morgan fingerprint density at radius 1 is 0.750 bits per heavy atom. The number of carbonyl (C=O) groups excluding carboxylic acids is 3. The molecule has 0 unspecified atom stereocenters. The molecule has 0 bridgehead atoms. The number of hydrogen-bond acceptors (Lipinski definition) is 4. The number of rotatable bonds is 2. The summed E-state index contributed by atoms with van der Waals surface area (Å²) >= 11 is 0. The van der Waals surface area contributed by atoms with E-state index >= 15 is 0 Å². The van der Waals surface area contributed by atoms with Crippen LogP contribution in [-0.4, -0.2) is 18.0 Å². The number of hydrogen-bond donors (Lipinski definition) is 1. The summed E-state index contributed by atoms with van der Waals surface area (Å²) < 4.78 is 4.52. The smallest absolute Gasteiger partial charge is 0.372 e. The molecule has 5 heteroatoms. The molecule has 0 saturated carbocycles. The highest BCUT2D eigenvalue weighted by Gasteiger charge is 2.15. The Morgan fingerprint density at radius 3 is 1.80 bits per heavy atom. The number of amides is 2. The summed E-state index contributed by atoms with van der Waals surface area (Å²) in [5, 5.41) is 1.98. The van der Waals surface area contributed by atoms with Crippen molar-refractivity contribution in [3.8, 4) is 0 Å². The van der Waals surface area contributed by atoms with Gasteiger partial charge in [-0.05, 0) is 24.3 Å². The molecule has 0 aromatic heterocycles. The van der Waals surface area contributed by atoms with Gasteiger partial charge in [0, 0.05) is 5.56 Å². The Balaban J connectivity index is 1.93. The van der Waals surface area contributed by atoms with E-state index in [1.807, 2.05) is 5.32 Å². The Morgan fingerprint density at radius 2 is 1.25 bits per heavy atom. The molecule has 5 nitrogen and oxygen atoms in total. The highest BCUT2D eigenvalue weighted by molar-refractivity contribution is 6.06. The minimum atomic E-state index is -1.10. The fraction of sp³-hybridized carbons (Fsp3) is 0. The zero-order valence-corrected chi connectivity index (χ0v) is 10.4. The molecule has 1 N–H and O–H groups in total. The number of ether oxygens (including phenoxy) is 1. The highest BCUT2D eigenvalue weighted by Crippen LogP contribution is 2.02. The number of carbonyl (C=O) groups is 3. The lowest BCUT2D eigenvalue weighted by atomic mass is 10.2. The van der Waals surface area contributed by atoms with Crippen molar-refractivity contribution in [3.63, 3.8) is 0 Å². The second-order valence-corrected chi connectivity index (χ2v) is 3.86. The van der Waals surface area contributed by atoms with Gasteiger partial charge in [0.15, 0.2) is 0 Å². The lowest BCUT2D eigenvalue weighted by Crippen LogP contribution is -2.32. The summed E-state index contributed by atoms with van der Waals surface area (Å²) in [4.78, 5) is 34.7. The summed E-state index contributed by atoms with van der Waals surface area (Å²) in [6, 6.07) is 16.2. The SMILES string of the molecule is O=C(NC(=O)c1ccccc1)OC(=O)c1ccccc1. The normalized spacial score (nSPS) is 9.60. The van der Waals surface area contributed by atoms with Crippen molar-refractivity contribution in [2.75, 3.05) is 0 Å². The van der Waals surface area contributed by atoms with Crippen LogP contribution in [0.25, 0.3) is 0 Å². The number of benzene rings is 2. The van der Waals surface area contributed by atoms with Gasteiger partial charge < -0.3 is 4.74 Å². The molecule has 0 aliphatic rings. The van der Waals surface area contributed by atoms with Gasteiger partial charge in [-0.25, -0.2) is 9.59 Å². The Labute approximate surface area is 115 Å². The van der Waals surface area contributed by atoms with Crippen molar-refractivity contribution in [2.24, 2.45) is 0 Å². The largest absolute Gasteiger partial charge is 0.422 e. The quantitative estimate of drug-likeness (QED) is 0.671. The maximum absolute atomic E-state index is 11.6. The zero-order valence-electron chi connectivity index (χ0n) is 10.4. The summed E-state index contributed by atoms with van der Waals surface area (Å²) in [6.45, 7) is 0. The van der Waals surface area contributed by atoms with Crippen LogP contribution in [0.3, 0.4) is 0 Å². The maximum atomic E-state index is 11.6. The van der Waals surface area contributed by atoms with Crippen molar-refractivity contribution in [1.82, 2.24) is 5.32 Å². The van der Waals surface area contributed by atoms with Crippen LogP contribution in [0.15, 0.2) is 60.7 Å². The van der Waals surface area contributed by atoms with Gasteiger partial charge in [-0.15, -0.1) is 0 Å². The molecule has 0 saturated heterocycles. The van der Waals surface area contributed by atoms with E-state index in [1.54, 1.807) is 48.5 Å². The number of esters is 1. The molecule has 2 aromatic rings. The molecule has 0 atom stereocenters. The molecule has 2 amide bonds. The molecular formula is C15H11NO4. The van der Waals surface area contributed by atoms with Gasteiger partial charge in [-0.1, -0.05) is 36.4 Å². The number of nitrogens with one attached hydrogen (secondary N) is 1. The van der Waals surface area contributed by atoms with E-state index in [1.165, 1.54) is 12.1 Å². The van der Waals surface area contributed by atoms with Gasteiger partial charge in [0.2, 0.25) is 0 Å². The van der Waals surface area contributed by atoms with Gasteiger partial charge in [0.1, 0.15) is 0 Å².